The molecule has 0 aliphatic heterocycles. The Morgan fingerprint density at radius 2 is 1.92 bits per heavy atom. The second-order valence-corrected chi connectivity index (χ2v) is 7.23. The molecule has 138 valence electrons. The van der Waals surface area contributed by atoms with Crippen molar-refractivity contribution < 1.29 is 23.9 Å². The Kier molecular flexibility index (Phi) is 7.43. The number of hydrogen-bond acceptors (Lipinski definition) is 6. The number of anilines is 1. The van der Waals surface area contributed by atoms with Crippen LogP contribution in [0, 0.1) is 5.92 Å². The number of thiophene rings is 1. The van der Waals surface area contributed by atoms with Crippen molar-refractivity contribution in [1.29, 1.82) is 0 Å². The summed E-state index contributed by atoms with van der Waals surface area (Å²) < 4.78 is 10.1. The second kappa shape index (κ2) is 9.56. The van der Waals surface area contributed by atoms with Gasteiger partial charge >= 0.3 is 11.9 Å². The number of rotatable bonds is 8. The molecule has 0 unspecified atom stereocenters. The van der Waals surface area contributed by atoms with Crippen LogP contribution < -0.4 is 5.32 Å². The number of esters is 2. The van der Waals surface area contributed by atoms with E-state index in [9.17, 15) is 14.4 Å². The predicted octanol–water partition coefficient (Wildman–Crippen LogP) is 3.55. The summed E-state index contributed by atoms with van der Waals surface area (Å²) in [5.74, 6) is -0.870. The van der Waals surface area contributed by atoms with Crippen LogP contribution in [0.3, 0.4) is 0 Å². The van der Waals surface area contributed by atoms with Crippen LogP contribution in [0.2, 0.25) is 0 Å². The van der Waals surface area contributed by atoms with E-state index in [2.05, 4.69) is 5.32 Å². The highest BCUT2D eigenvalue weighted by molar-refractivity contribution is 7.16. The molecule has 0 bridgehead atoms. The van der Waals surface area contributed by atoms with E-state index in [-0.39, 0.29) is 19.2 Å². The summed E-state index contributed by atoms with van der Waals surface area (Å²) in [7, 11) is 0. The molecule has 7 heteroatoms. The number of amides is 1. The summed E-state index contributed by atoms with van der Waals surface area (Å²) in [6, 6.07) is 1.73. The highest BCUT2D eigenvalue weighted by Crippen LogP contribution is 2.30. The quantitative estimate of drug-likeness (QED) is 0.711. The van der Waals surface area contributed by atoms with Crippen molar-refractivity contribution in [1.82, 2.24) is 0 Å². The first-order chi connectivity index (χ1) is 12.0. The van der Waals surface area contributed by atoms with Crippen molar-refractivity contribution in [2.75, 3.05) is 18.5 Å². The molecule has 1 amide bonds. The number of nitrogens with one attached hydrogen (secondary N) is 1. The van der Waals surface area contributed by atoms with E-state index in [1.54, 1.807) is 13.0 Å². The molecule has 0 atom stereocenters. The first kappa shape index (κ1) is 19.4. The van der Waals surface area contributed by atoms with Crippen LogP contribution in [0.1, 0.15) is 61.2 Å². The topological polar surface area (TPSA) is 81.7 Å². The molecule has 1 aliphatic rings. The molecule has 1 aromatic heterocycles. The Balaban J connectivity index is 1.87. The molecule has 0 saturated heterocycles. The third-order valence-electron chi connectivity index (χ3n) is 4.17. The van der Waals surface area contributed by atoms with Crippen LogP contribution in [0.5, 0.6) is 0 Å². The third kappa shape index (κ3) is 5.85. The summed E-state index contributed by atoms with van der Waals surface area (Å²) in [6.45, 7) is 3.62. The highest BCUT2D eigenvalue weighted by atomic mass is 32.1. The van der Waals surface area contributed by atoms with Crippen molar-refractivity contribution in [2.45, 2.75) is 52.4 Å². The zero-order valence-electron chi connectivity index (χ0n) is 14.8. The van der Waals surface area contributed by atoms with Crippen LogP contribution in [0.25, 0.3) is 0 Å². The number of carbonyl (C=O) groups is 3. The molecular formula is C18H25NO5S. The zero-order valence-corrected chi connectivity index (χ0v) is 15.6. The largest absolute Gasteiger partial charge is 0.462 e. The van der Waals surface area contributed by atoms with Crippen LogP contribution in [0.15, 0.2) is 6.07 Å². The van der Waals surface area contributed by atoms with Gasteiger partial charge in [-0.25, -0.2) is 4.79 Å². The van der Waals surface area contributed by atoms with Gasteiger partial charge in [0.05, 0.1) is 12.2 Å². The Hall–Kier alpha value is -1.89. The van der Waals surface area contributed by atoms with E-state index >= 15 is 0 Å². The summed E-state index contributed by atoms with van der Waals surface area (Å²) in [5.41, 5.74) is 0.342. The molecule has 1 N–H and O–H groups in total. The van der Waals surface area contributed by atoms with Crippen molar-refractivity contribution in [3.05, 3.63) is 16.5 Å². The Bertz CT molecular complexity index is 619. The van der Waals surface area contributed by atoms with Gasteiger partial charge in [-0.3, -0.25) is 9.59 Å². The highest BCUT2D eigenvalue weighted by Gasteiger charge is 2.21. The Labute approximate surface area is 151 Å². The summed E-state index contributed by atoms with van der Waals surface area (Å²) in [6.07, 6.45) is 5.56. The normalized spacial score (nSPS) is 14.3. The van der Waals surface area contributed by atoms with Crippen molar-refractivity contribution in [2.24, 2.45) is 5.92 Å². The van der Waals surface area contributed by atoms with E-state index < -0.39 is 11.9 Å². The third-order valence-corrected chi connectivity index (χ3v) is 5.37. The van der Waals surface area contributed by atoms with Crippen LogP contribution in [-0.4, -0.2) is 31.1 Å². The van der Waals surface area contributed by atoms with E-state index in [4.69, 9.17) is 9.47 Å². The van der Waals surface area contributed by atoms with Gasteiger partial charge in [-0.2, -0.15) is 0 Å². The van der Waals surface area contributed by atoms with Crippen LogP contribution in [-0.2, 0) is 25.5 Å². The van der Waals surface area contributed by atoms with E-state index in [1.165, 1.54) is 11.3 Å². The summed E-state index contributed by atoms with van der Waals surface area (Å²) in [4.78, 5) is 36.8. The molecule has 6 nitrogen and oxygen atoms in total. The van der Waals surface area contributed by atoms with E-state index in [0.29, 0.717) is 22.9 Å². The molecule has 0 aromatic carbocycles. The molecule has 1 fully saturated rings. The lowest BCUT2D eigenvalue weighted by atomic mass is 10.1. The van der Waals surface area contributed by atoms with Gasteiger partial charge in [0, 0.05) is 11.3 Å². The van der Waals surface area contributed by atoms with Crippen LogP contribution in [0.4, 0.5) is 5.00 Å². The maximum atomic E-state index is 12.1. The zero-order chi connectivity index (χ0) is 18.2. The Morgan fingerprint density at radius 3 is 2.56 bits per heavy atom. The fourth-order valence-electron chi connectivity index (χ4n) is 2.89. The molecule has 0 radical (unpaired) electrons. The minimum atomic E-state index is -0.466. The van der Waals surface area contributed by atoms with Gasteiger partial charge in [0.15, 0.2) is 6.61 Å². The van der Waals surface area contributed by atoms with Crippen molar-refractivity contribution in [3.8, 4) is 0 Å². The molecule has 1 heterocycles. The van der Waals surface area contributed by atoms with Gasteiger partial charge in [-0.1, -0.05) is 19.8 Å². The number of ether oxygens (including phenoxy) is 2. The van der Waals surface area contributed by atoms with Gasteiger partial charge < -0.3 is 14.8 Å². The summed E-state index contributed by atoms with van der Waals surface area (Å²) >= 11 is 1.33. The maximum Gasteiger partial charge on any atom is 0.341 e. The minimum Gasteiger partial charge on any atom is -0.462 e. The predicted molar refractivity (Wildman–Crippen MR) is 95.8 cm³/mol. The van der Waals surface area contributed by atoms with Gasteiger partial charge in [0.25, 0.3) is 5.91 Å². The molecule has 2 rings (SSSR count). The lowest BCUT2D eigenvalue weighted by Crippen LogP contribution is -2.22. The van der Waals surface area contributed by atoms with Crippen LogP contribution >= 0.6 is 11.3 Å². The maximum absolute atomic E-state index is 12.1. The number of hydrogen-bond donors (Lipinski definition) is 1. The second-order valence-electron chi connectivity index (χ2n) is 6.09. The number of aryl methyl sites for hydroxylation is 1. The molecular weight excluding hydrogens is 342 g/mol. The smallest absolute Gasteiger partial charge is 0.341 e. The molecule has 0 spiro atoms. The molecule has 25 heavy (non-hydrogen) atoms. The fourth-order valence-corrected chi connectivity index (χ4v) is 3.89. The average molecular weight is 367 g/mol. The van der Waals surface area contributed by atoms with Gasteiger partial charge in [-0.15, -0.1) is 11.3 Å². The molecule has 1 aliphatic carbocycles. The van der Waals surface area contributed by atoms with Gasteiger partial charge in [0.1, 0.15) is 5.00 Å². The van der Waals surface area contributed by atoms with Crippen molar-refractivity contribution >= 4 is 34.2 Å². The fraction of sp³-hybridized carbons (Fsp3) is 0.611. The summed E-state index contributed by atoms with van der Waals surface area (Å²) in [5, 5.41) is 3.09. The lowest BCUT2D eigenvalue weighted by molar-refractivity contribution is -0.148. The average Bonchev–Trinajstić information content (AvgIpc) is 3.23. The standard InChI is InChI=1S/C18H25NO5S/c1-3-13-10-14(18(22)23-4-2)17(25-13)19-15(20)11-24-16(21)9-12-7-5-6-8-12/h10,12H,3-9,11H2,1-2H3,(H,19,20). The van der Waals surface area contributed by atoms with E-state index in [0.717, 1.165) is 37.0 Å². The Morgan fingerprint density at radius 1 is 1.20 bits per heavy atom. The first-order valence-corrected chi connectivity index (χ1v) is 9.60. The van der Waals surface area contributed by atoms with Crippen molar-refractivity contribution in [3.63, 3.8) is 0 Å². The SMILES string of the molecule is CCOC(=O)c1cc(CC)sc1NC(=O)COC(=O)CC1CCCC1. The molecule has 1 aromatic rings. The lowest BCUT2D eigenvalue weighted by Gasteiger charge is -2.09. The van der Waals surface area contributed by atoms with E-state index in [1.807, 2.05) is 6.92 Å². The van der Waals surface area contributed by atoms with Gasteiger partial charge in [0.2, 0.25) is 0 Å². The minimum absolute atomic E-state index is 0.266. The monoisotopic (exact) mass is 367 g/mol. The van der Waals surface area contributed by atoms with Gasteiger partial charge in [-0.05, 0) is 38.2 Å². The number of carbonyl (C=O) groups excluding carboxylic acids is 3. The first-order valence-electron chi connectivity index (χ1n) is 8.78. The molecule has 1 saturated carbocycles.